The van der Waals surface area contributed by atoms with Crippen LogP contribution in [0.15, 0.2) is 41.0 Å². The fourth-order valence-corrected chi connectivity index (χ4v) is 2.34. The van der Waals surface area contributed by atoms with Gasteiger partial charge in [-0.05, 0) is 42.5 Å². The highest BCUT2D eigenvalue weighted by atomic mass is 79.9. The van der Waals surface area contributed by atoms with Crippen LogP contribution in [0.1, 0.15) is 22.5 Å². The van der Waals surface area contributed by atoms with Gasteiger partial charge in [0.1, 0.15) is 11.5 Å². The van der Waals surface area contributed by atoms with E-state index in [9.17, 15) is 9.18 Å². The first-order valence-electron chi connectivity index (χ1n) is 7.00. The van der Waals surface area contributed by atoms with Crippen LogP contribution in [0.4, 0.5) is 10.1 Å². The highest BCUT2D eigenvalue weighted by Crippen LogP contribution is 2.19. The zero-order chi connectivity index (χ0) is 16.7. The molecule has 120 valence electrons. The van der Waals surface area contributed by atoms with Crippen LogP contribution in [0.5, 0.6) is 0 Å². The summed E-state index contributed by atoms with van der Waals surface area (Å²) in [5.41, 5.74) is 1.86. The number of hydrogen-bond acceptors (Lipinski definition) is 4. The third kappa shape index (κ3) is 5.45. The number of rotatable bonds is 7. The van der Waals surface area contributed by atoms with E-state index in [2.05, 4.69) is 31.5 Å². The summed E-state index contributed by atoms with van der Waals surface area (Å²) in [4.78, 5) is 15.9. The molecule has 0 aliphatic heterocycles. The van der Waals surface area contributed by atoms with Gasteiger partial charge in [-0.3, -0.25) is 9.78 Å². The summed E-state index contributed by atoms with van der Waals surface area (Å²) in [6.45, 7) is 0.889. The Kier molecular flexibility index (Phi) is 6.22. The molecule has 0 saturated carbocycles. The maximum absolute atomic E-state index is 13.3. The predicted octanol–water partition coefficient (Wildman–Crippen LogP) is 3.36. The smallest absolute Gasteiger partial charge is 0.269 e. The fourth-order valence-electron chi connectivity index (χ4n) is 1.87. The molecule has 0 spiro atoms. The molecule has 0 atom stereocenters. The van der Waals surface area contributed by atoms with Crippen LogP contribution in [0.3, 0.4) is 0 Å². The Morgan fingerprint density at radius 2 is 2.17 bits per heavy atom. The Morgan fingerprint density at radius 3 is 2.83 bits per heavy atom. The van der Waals surface area contributed by atoms with Gasteiger partial charge in [0.05, 0.1) is 0 Å². The van der Waals surface area contributed by atoms with Crippen LogP contribution in [0.2, 0.25) is 0 Å². The number of halogens is 2. The molecule has 1 aromatic heterocycles. The van der Waals surface area contributed by atoms with Gasteiger partial charge >= 0.3 is 0 Å². The van der Waals surface area contributed by atoms with Crippen LogP contribution < -0.4 is 10.6 Å². The van der Waals surface area contributed by atoms with Crippen molar-refractivity contribution in [2.45, 2.75) is 13.0 Å². The summed E-state index contributed by atoms with van der Waals surface area (Å²) >= 11 is 3.24. The van der Waals surface area contributed by atoms with Gasteiger partial charge in [0.15, 0.2) is 0 Å². The third-order valence-corrected chi connectivity index (χ3v) is 3.45. The van der Waals surface area contributed by atoms with Crippen molar-refractivity contribution in [2.75, 3.05) is 11.9 Å². The zero-order valence-electron chi connectivity index (χ0n) is 12.3. The van der Waals surface area contributed by atoms with E-state index in [1.807, 2.05) is 0 Å². The maximum Gasteiger partial charge on any atom is 0.269 e. The van der Waals surface area contributed by atoms with Gasteiger partial charge in [-0.1, -0.05) is 22.0 Å². The van der Waals surface area contributed by atoms with Gasteiger partial charge < -0.3 is 16.0 Å². The minimum Gasteiger partial charge on any atom is -0.381 e. The van der Waals surface area contributed by atoms with E-state index in [0.29, 0.717) is 35.4 Å². The predicted molar refractivity (Wildman–Crippen MR) is 91.4 cm³/mol. The van der Waals surface area contributed by atoms with Gasteiger partial charge in [0.2, 0.25) is 0 Å². The first-order valence-corrected chi connectivity index (χ1v) is 7.80. The van der Waals surface area contributed by atoms with Crippen molar-refractivity contribution >= 4 is 33.7 Å². The topological polar surface area (TPSA) is 77.9 Å². The van der Waals surface area contributed by atoms with Crippen molar-refractivity contribution in [3.8, 4) is 0 Å². The molecular formula is C16H16BrFN4O. The molecule has 0 bridgehead atoms. The van der Waals surface area contributed by atoms with Crippen LogP contribution in [0, 0.1) is 11.2 Å². The highest BCUT2D eigenvalue weighted by molar-refractivity contribution is 9.10. The van der Waals surface area contributed by atoms with Crippen molar-refractivity contribution in [3.05, 3.63) is 58.1 Å². The first kappa shape index (κ1) is 17.1. The van der Waals surface area contributed by atoms with E-state index >= 15 is 0 Å². The number of carbonyl (C=O) groups is 1. The molecule has 1 aromatic carbocycles. The standard InChI is InChI=1S/C16H16BrFN4O/c17-12-6-13(18)8-14(7-12)21-9-11-2-3-15(22-10-11)16(23)20-5-1-4-19/h2-4,6-8,10,19,21H,1,5,9H2,(H,20,23). The molecule has 0 fully saturated rings. The van der Waals surface area contributed by atoms with E-state index in [1.54, 1.807) is 24.4 Å². The molecule has 7 heteroatoms. The Labute approximate surface area is 142 Å². The molecule has 0 aliphatic rings. The van der Waals surface area contributed by atoms with Gasteiger partial charge in [0.25, 0.3) is 5.91 Å². The molecular weight excluding hydrogens is 363 g/mol. The number of anilines is 1. The lowest BCUT2D eigenvalue weighted by atomic mass is 10.2. The minimum atomic E-state index is -0.322. The normalized spacial score (nSPS) is 10.2. The lowest BCUT2D eigenvalue weighted by molar-refractivity contribution is 0.0950. The molecule has 0 aliphatic carbocycles. The Balaban J connectivity index is 1.92. The summed E-state index contributed by atoms with van der Waals surface area (Å²) in [6.07, 6.45) is 3.34. The highest BCUT2D eigenvalue weighted by Gasteiger charge is 2.06. The molecule has 2 rings (SSSR count). The summed E-state index contributed by atoms with van der Waals surface area (Å²) < 4.78 is 13.9. The van der Waals surface area contributed by atoms with E-state index in [0.717, 1.165) is 5.56 Å². The quantitative estimate of drug-likeness (QED) is 0.510. The van der Waals surface area contributed by atoms with Crippen molar-refractivity contribution in [2.24, 2.45) is 0 Å². The maximum atomic E-state index is 13.3. The van der Waals surface area contributed by atoms with Gasteiger partial charge in [-0.25, -0.2) is 4.39 Å². The number of pyridine rings is 1. The average Bonchev–Trinajstić information content (AvgIpc) is 2.53. The second kappa shape index (κ2) is 8.38. The lowest BCUT2D eigenvalue weighted by Crippen LogP contribution is -2.25. The molecule has 2 aromatic rings. The second-order valence-electron chi connectivity index (χ2n) is 4.81. The molecule has 1 heterocycles. The largest absolute Gasteiger partial charge is 0.381 e. The van der Waals surface area contributed by atoms with Crippen LogP contribution in [-0.2, 0) is 6.54 Å². The van der Waals surface area contributed by atoms with E-state index in [4.69, 9.17) is 5.41 Å². The Hall–Kier alpha value is -2.28. The molecule has 0 saturated heterocycles. The summed E-state index contributed by atoms with van der Waals surface area (Å²) in [5, 5.41) is 12.7. The van der Waals surface area contributed by atoms with Gasteiger partial charge in [-0.15, -0.1) is 0 Å². The summed E-state index contributed by atoms with van der Waals surface area (Å²) in [5.74, 6) is -0.586. The van der Waals surface area contributed by atoms with Crippen molar-refractivity contribution < 1.29 is 9.18 Å². The monoisotopic (exact) mass is 378 g/mol. The fraction of sp³-hybridized carbons (Fsp3) is 0.188. The number of carbonyl (C=O) groups excluding carboxylic acids is 1. The van der Waals surface area contributed by atoms with Gasteiger partial charge in [0, 0.05) is 29.4 Å². The number of nitrogens with zero attached hydrogens (tertiary/aromatic N) is 1. The van der Waals surface area contributed by atoms with Crippen molar-refractivity contribution in [3.63, 3.8) is 0 Å². The molecule has 5 nitrogen and oxygen atoms in total. The van der Waals surface area contributed by atoms with Crippen LogP contribution >= 0.6 is 15.9 Å². The number of hydrogen-bond donors (Lipinski definition) is 3. The zero-order valence-corrected chi connectivity index (χ0v) is 13.9. The number of aromatic nitrogens is 1. The lowest BCUT2D eigenvalue weighted by Gasteiger charge is -2.08. The van der Waals surface area contributed by atoms with Crippen LogP contribution in [0.25, 0.3) is 0 Å². The van der Waals surface area contributed by atoms with Gasteiger partial charge in [-0.2, -0.15) is 0 Å². The van der Waals surface area contributed by atoms with E-state index < -0.39 is 0 Å². The Morgan fingerprint density at radius 1 is 1.35 bits per heavy atom. The van der Waals surface area contributed by atoms with E-state index in [1.165, 1.54) is 18.3 Å². The Bertz CT molecular complexity index is 671. The molecule has 0 radical (unpaired) electrons. The first-order chi connectivity index (χ1) is 11.1. The SMILES string of the molecule is N=CCCNC(=O)c1ccc(CNc2cc(F)cc(Br)c2)cn1. The third-order valence-electron chi connectivity index (χ3n) is 2.99. The summed E-state index contributed by atoms with van der Waals surface area (Å²) in [6, 6.07) is 8.00. The minimum absolute atomic E-state index is 0.263. The molecule has 3 N–H and O–H groups in total. The van der Waals surface area contributed by atoms with Crippen molar-refractivity contribution in [1.29, 1.82) is 5.41 Å². The molecule has 0 unspecified atom stereocenters. The molecule has 1 amide bonds. The van der Waals surface area contributed by atoms with Crippen LogP contribution in [-0.4, -0.2) is 23.7 Å². The number of nitrogens with one attached hydrogen (secondary N) is 3. The summed E-state index contributed by atoms with van der Waals surface area (Å²) in [7, 11) is 0. The number of amides is 1. The second-order valence-corrected chi connectivity index (χ2v) is 5.73. The average molecular weight is 379 g/mol. The van der Waals surface area contributed by atoms with Crippen molar-refractivity contribution in [1.82, 2.24) is 10.3 Å². The molecule has 23 heavy (non-hydrogen) atoms. The number of benzene rings is 1. The van der Waals surface area contributed by atoms with E-state index in [-0.39, 0.29) is 11.7 Å².